The largest absolute Gasteiger partial charge is 0.269 e. The molecule has 0 saturated carbocycles. The number of hydrogen-bond donors (Lipinski definition) is 0. The van der Waals surface area contributed by atoms with Crippen LogP contribution in [0.2, 0.25) is 0 Å². The first-order valence-electron chi connectivity index (χ1n) is 4.82. The fraction of sp³-hybridized carbons (Fsp3) is 0.0909. The number of imide groups is 1. The number of hydrogen-bond acceptors (Lipinski definition) is 4. The number of anilines is 1. The van der Waals surface area contributed by atoms with Crippen LogP contribution in [-0.4, -0.2) is 16.7 Å². The van der Waals surface area contributed by atoms with Crippen LogP contribution in [0.25, 0.3) is 0 Å². The molecule has 0 bridgehead atoms. The van der Waals surface area contributed by atoms with E-state index in [1.807, 2.05) is 0 Å². The van der Waals surface area contributed by atoms with Gasteiger partial charge >= 0.3 is 0 Å². The summed E-state index contributed by atoms with van der Waals surface area (Å²) in [5, 5.41) is 10.6. The Labute approximate surface area is 96.3 Å². The van der Waals surface area contributed by atoms with Gasteiger partial charge in [0.05, 0.1) is 10.6 Å². The van der Waals surface area contributed by atoms with Gasteiger partial charge in [-0.2, -0.15) is 0 Å². The van der Waals surface area contributed by atoms with Crippen molar-refractivity contribution in [3.8, 4) is 0 Å². The lowest BCUT2D eigenvalue weighted by molar-refractivity contribution is -0.384. The Morgan fingerprint density at radius 2 is 1.76 bits per heavy atom. The minimum absolute atomic E-state index is 0.0710. The highest BCUT2D eigenvalue weighted by Crippen LogP contribution is 2.26. The van der Waals surface area contributed by atoms with Gasteiger partial charge in [-0.1, -0.05) is 0 Å². The smallest absolute Gasteiger partial charge is 0.269 e. The molecule has 0 N–H and O–H groups in total. The Bertz CT molecular complexity index is 545. The van der Waals surface area contributed by atoms with Crippen molar-refractivity contribution in [1.82, 2.24) is 0 Å². The van der Waals surface area contributed by atoms with E-state index in [2.05, 4.69) is 0 Å². The van der Waals surface area contributed by atoms with Crippen molar-refractivity contribution in [1.29, 1.82) is 0 Å². The molecular formula is C11H8N2O4. The molecule has 0 fully saturated rings. The SMILES string of the molecule is Cc1cc([N+](=O)[O-])ccc1N1C(=O)C=CC1=O. The Balaban J connectivity index is 2.44. The standard InChI is InChI=1S/C11H8N2O4/c1-7-6-8(13(16)17)2-3-9(7)12-10(14)4-5-11(12)15/h2-6H,1H3. The lowest BCUT2D eigenvalue weighted by atomic mass is 10.1. The Morgan fingerprint density at radius 1 is 1.18 bits per heavy atom. The zero-order valence-corrected chi connectivity index (χ0v) is 8.91. The van der Waals surface area contributed by atoms with Crippen molar-refractivity contribution in [3.05, 3.63) is 46.0 Å². The predicted octanol–water partition coefficient (Wildman–Crippen LogP) is 1.33. The predicted molar refractivity (Wildman–Crippen MR) is 59.5 cm³/mol. The van der Waals surface area contributed by atoms with E-state index in [1.54, 1.807) is 6.92 Å². The van der Waals surface area contributed by atoms with Crippen molar-refractivity contribution in [2.45, 2.75) is 6.92 Å². The van der Waals surface area contributed by atoms with Crippen LogP contribution in [0.5, 0.6) is 0 Å². The third-order valence-corrected chi connectivity index (χ3v) is 2.44. The van der Waals surface area contributed by atoms with E-state index in [9.17, 15) is 19.7 Å². The normalized spacial score (nSPS) is 14.5. The Hall–Kier alpha value is -2.50. The maximum absolute atomic E-state index is 11.4. The van der Waals surface area contributed by atoms with Gasteiger partial charge < -0.3 is 0 Å². The molecular weight excluding hydrogens is 224 g/mol. The van der Waals surface area contributed by atoms with Crippen LogP contribution < -0.4 is 4.90 Å². The molecule has 2 amide bonds. The van der Waals surface area contributed by atoms with Gasteiger partial charge in [-0.25, -0.2) is 4.90 Å². The van der Waals surface area contributed by atoms with Gasteiger partial charge in [-0.3, -0.25) is 19.7 Å². The summed E-state index contributed by atoms with van der Waals surface area (Å²) in [5.41, 5.74) is 0.804. The van der Waals surface area contributed by atoms with Gasteiger partial charge in [-0.05, 0) is 18.6 Å². The number of non-ortho nitro benzene ring substituents is 1. The van der Waals surface area contributed by atoms with Crippen molar-refractivity contribution in [3.63, 3.8) is 0 Å². The topological polar surface area (TPSA) is 80.5 Å². The number of carbonyl (C=O) groups is 2. The molecule has 1 aliphatic rings. The molecule has 86 valence electrons. The zero-order chi connectivity index (χ0) is 12.6. The average molecular weight is 232 g/mol. The van der Waals surface area contributed by atoms with Crippen molar-refractivity contribution in [2.75, 3.05) is 4.90 Å². The molecule has 17 heavy (non-hydrogen) atoms. The van der Waals surface area contributed by atoms with Crippen LogP contribution in [0.1, 0.15) is 5.56 Å². The molecule has 1 aromatic rings. The number of rotatable bonds is 2. The van der Waals surface area contributed by atoms with Gasteiger partial charge in [0.25, 0.3) is 17.5 Å². The Kier molecular flexibility index (Phi) is 2.47. The van der Waals surface area contributed by atoms with Gasteiger partial charge in [-0.15, -0.1) is 0 Å². The fourth-order valence-electron chi connectivity index (χ4n) is 1.64. The maximum atomic E-state index is 11.4. The summed E-state index contributed by atoms with van der Waals surface area (Å²) in [6, 6.07) is 3.99. The van der Waals surface area contributed by atoms with Gasteiger partial charge in [0, 0.05) is 24.3 Å². The molecule has 6 heteroatoms. The molecule has 1 aromatic carbocycles. The van der Waals surface area contributed by atoms with E-state index < -0.39 is 16.7 Å². The number of nitrogens with zero attached hydrogens (tertiary/aromatic N) is 2. The van der Waals surface area contributed by atoms with E-state index in [1.165, 1.54) is 30.4 Å². The van der Waals surface area contributed by atoms with Crippen LogP contribution in [-0.2, 0) is 9.59 Å². The fourth-order valence-corrected chi connectivity index (χ4v) is 1.64. The molecule has 6 nitrogen and oxygen atoms in total. The molecule has 1 heterocycles. The van der Waals surface area contributed by atoms with Crippen molar-refractivity contribution >= 4 is 23.2 Å². The number of nitro groups is 1. The third kappa shape index (κ3) is 1.80. The molecule has 0 atom stereocenters. The highest BCUT2D eigenvalue weighted by molar-refractivity contribution is 6.28. The van der Waals surface area contributed by atoms with Crippen molar-refractivity contribution < 1.29 is 14.5 Å². The molecule has 0 saturated heterocycles. The summed E-state index contributed by atoms with van der Waals surface area (Å²) < 4.78 is 0. The molecule has 1 aliphatic heterocycles. The second-order valence-electron chi connectivity index (χ2n) is 3.57. The molecule has 0 spiro atoms. The number of amides is 2. The van der Waals surface area contributed by atoms with Gasteiger partial charge in [0.15, 0.2) is 0 Å². The van der Waals surface area contributed by atoms with E-state index in [4.69, 9.17) is 0 Å². The summed E-state index contributed by atoms with van der Waals surface area (Å²) in [7, 11) is 0. The number of benzene rings is 1. The highest BCUT2D eigenvalue weighted by Gasteiger charge is 2.26. The van der Waals surface area contributed by atoms with Crippen molar-refractivity contribution in [2.24, 2.45) is 0 Å². The first-order chi connectivity index (χ1) is 8.00. The lowest BCUT2D eigenvalue weighted by Gasteiger charge is -2.15. The number of carbonyl (C=O) groups excluding carboxylic acids is 2. The van der Waals surface area contributed by atoms with E-state index >= 15 is 0 Å². The van der Waals surface area contributed by atoms with E-state index in [-0.39, 0.29) is 5.69 Å². The molecule has 0 aromatic heterocycles. The highest BCUT2D eigenvalue weighted by atomic mass is 16.6. The molecule has 0 radical (unpaired) electrons. The maximum Gasteiger partial charge on any atom is 0.269 e. The number of aryl methyl sites for hydroxylation is 1. The number of nitro benzene ring substituents is 1. The first-order valence-corrected chi connectivity index (χ1v) is 4.82. The van der Waals surface area contributed by atoms with Gasteiger partial charge in [0.1, 0.15) is 0 Å². The first kappa shape index (κ1) is 11.0. The summed E-state index contributed by atoms with van der Waals surface area (Å²) in [4.78, 5) is 33.9. The van der Waals surface area contributed by atoms with Crippen LogP contribution in [0.4, 0.5) is 11.4 Å². The zero-order valence-electron chi connectivity index (χ0n) is 8.91. The molecule has 2 rings (SSSR count). The summed E-state index contributed by atoms with van der Waals surface area (Å²) >= 11 is 0. The average Bonchev–Trinajstić information content (AvgIpc) is 2.59. The summed E-state index contributed by atoms with van der Waals surface area (Å²) in [5.74, 6) is -0.876. The van der Waals surface area contributed by atoms with Crippen LogP contribution in [0, 0.1) is 17.0 Å². The van der Waals surface area contributed by atoms with E-state index in [0.29, 0.717) is 11.3 Å². The monoisotopic (exact) mass is 232 g/mol. The van der Waals surface area contributed by atoms with Gasteiger partial charge in [0.2, 0.25) is 0 Å². The van der Waals surface area contributed by atoms with Crippen LogP contribution in [0.3, 0.4) is 0 Å². The minimum atomic E-state index is -0.525. The summed E-state index contributed by atoms with van der Waals surface area (Å²) in [6.07, 6.45) is 2.34. The Morgan fingerprint density at radius 3 is 2.24 bits per heavy atom. The van der Waals surface area contributed by atoms with Crippen LogP contribution in [0.15, 0.2) is 30.4 Å². The minimum Gasteiger partial charge on any atom is -0.269 e. The third-order valence-electron chi connectivity index (χ3n) is 2.44. The second kappa shape index (κ2) is 3.82. The second-order valence-corrected chi connectivity index (χ2v) is 3.57. The lowest BCUT2D eigenvalue weighted by Crippen LogP contribution is -2.30. The molecule has 0 unspecified atom stereocenters. The van der Waals surface area contributed by atoms with E-state index in [0.717, 1.165) is 4.90 Å². The molecule has 0 aliphatic carbocycles. The quantitative estimate of drug-likeness (QED) is 0.437. The van der Waals surface area contributed by atoms with Crippen LogP contribution >= 0.6 is 0 Å². The summed E-state index contributed by atoms with van der Waals surface area (Å²) in [6.45, 7) is 1.61.